The number of likely N-dealkylation sites (tertiary alicyclic amines) is 1. The normalized spacial score (nSPS) is 16.5. The lowest BCUT2D eigenvalue weighted by molar-refractivity contribution is 0.183. The maximum Gasteiger partial charge on any atom is 0.208 e. The van der Waals surface area contributed by atoms with Crippen molar-refractivity contribution in [2.75, 3.05) is 32.1 Å². The summed E-state index contributed by atoms with van der Waals surface area (Å²) in [6, 6.07) is 3.95. The third kappa shape index (κ3) is 3.66. The van der Waals surface area contributed by atoms with E-state index >= 15 is 0 Å². The Balaban J connectivity index is 1.43. The predicted octanol–water partition coefficient (Wildman–Crippen LogP) is 2.68. The third-order valence-corrected chi connectivity index (χ3v) is 5.18. The lowest BCUT2D eigenvalue weighted by Crippen LogP contribution is -2.33. The second-order valence-corrected chi connectivity index (χ2v) is 7.78. The van der Waals surface area contributed by atoms with Crippen molar-refractivity contribution in [3.8, 4) is 0 Å². The number of hydrogen-bond acceptors (Lipinski definition) is 7. The highest BCUT2D eigenvalue weighted by molar-refractivity contribution is 5.45. The fraction of sp³-hybridized carbons (Fsp3) is 0.579. The van der Waals surface area contributed by atoms with Crippen molar-refractivity contribution in [1.82, 2.24) is 29.7 Å². The van der Waals surface area contributed by atoms with Gasteiger partial charge >= 0.3 is 0 Å². The van der Waals surface area contributed by atoms with Crippen LogP contribution >= 0.6 is 0 Å². The zero-order chi connectivity index (χ0) is 19.0. The van der Waals surface area contributed by atoms with E-state index in [-0.39, 0.29) is 0 Å². The van der Waals surface area contributed by atoms with Crippen LogP contribution in [0.15, 0.2) is 22.7 Å². The van der Waals surface area contributed by atoms with Crippen molar-refractivity contribution in [3.63, 3.8) is 0 Å². The fourth-order valence-corrected chi connectivity index (χ4v) is 3.49. The molecule has 0 radical (unpaired) electrons. The average molecular weight is 369 g/mol. The Bertz CT molecular complexity index is 906. The van der Waals surface area contributed by atoms with Crippen molar-refractivity contribution in [1.29, 1.82) is 0 Å². The molecule has 1 aliphatic heterocycles. The maximum absolute atomic E-state index is 5.85. The van der Waals surface area contributed by atoms with E-state index in [9.17, 15) is 0 Å². The van der Waals surface area contributed by atoms with Gasteiger partial charge in [0.05, 0.1) is 12.7 Å². The first-order chi connectivity index (χ1) is 13.0. The molecule has 1 saturated heterocycles. The van der Waals surface area contributed by atoms with Gasteiger partial charge in [0.2, 0.25) is 5.89 Å². The van der Waals surface area contributed by atoms with Crippen molar-refractivity contribution < 1.29 is 4.42 Å². The van der Waals surface area contributed by atoms with E-state index in [1.807, 2.05) is 41.8 Å². The predicted molar refractivity (Wildman–Crippen MR) is 103 cm³/mol. The molecule has 4 heterocycles. The number of nitrogens with zero attached hydrogens (tertiary/aromatic N) is 7. The molecule has 0 aromatic carbocycles. The highest BCUT2D eigenvalue weighted by Gasteiger charge is 2.26. The summed E-state index contributed by atoms with van der Waals surface area (Å²) in [5.74, 6) is 4.38. The van der Waals surface area contributed by atoms with Crippen LogP contribution in [0.2, 0.25) is 0 Å². The van der Waals surface area contributed by atoms with E-state index < -0.39 is 0 Å². The Labute approximate surface area is 159 Å². The van der Waals surface area contributed by atoms with Gasteiger partial charge in [0.15, 0.2) is 11.5 Å². The van der Waals surface area contributed by atoms with Crippen LogP contribution in [0.1, 0.15) is 56.0 Å². The average Bonchev–Trinajstić information content (AvgIpc) is 3.29. The highest BCUT2D eigenvalue weighted by Crippen LogP contribution is 2.28. The van der Waals surface area contributed by atoms with E-state index in [0.717, 1.165) is 61.4 Å². The molecule has 8 heteroatoms. The SMILES string of the molecule is CC(C)c1cnc(CN2CCC(c3nnc4ccc(N(C)C)nn34)CC2)o1. The van der Waals surface area contributed by atoms with Gasteiger partial charge < -0.3 is 9.32 Å². The van der Waals surface area contributed by atoms with E-state index in [1.54, 1.807) is 0 Å². The van der Waals surface area contributed by atoms with Gasteiger partial charge in [-0.1, -0.05) is 13.8 Å². The molecule has 0 spiro atoms. The number of aromatic nitrogens is 5. The van der Waals surface area contributed by atoms with Gasteiger partial charge in [0, 0.05) is 25.9 Å². The molecule has 1 aliphatic rings. The second-order valence-electron chi connectivity index (χ2n) is 7.78. The molecule has 0 bridgehead atoms. The Morgan fingerprint density at radius 1 is 1.19 bits per heavy atom. The number of oxazole rings is 1. The molecular formula is C19H27N7O. The van der Waals surface area contributed by atoms with Gasteiger partial charge in [-0.25, -0.2) is 4.98 Å². The molecule has 27 heavy (non-hydrogen) atoms. The van der Waals surface area contributed by atoms with Crippen LogP contribution in [0.3, 0.4) is 0 Å². The van der Waals surface area contributed by atoms with Crippen LogP contribution in [0.4, 0.5) is 5.82 Å². The molecular weight excluding hydrogens is 342 g/mol. The molecule has 0 atom stereocenters. The Morgan fingerprint density at radius 3 is 2.63 bits per heavy atom. The first-order valence-electron chi connectivity index (χ1n) is 9.58. The lowest BCUT2D eigenvalue weighted by Gasteiger charge is -2.30. The molecule has 144 valence electrons. The molecule has 3 aromatic rings. The first-order valence-corrected chi connectivity index (χ1v) is 9.58. The Hall–Kier alpha value is -2.48. The number of rotatable bonds is 5. The summed E-state index contributed by atoms with van der Waals surface area (Å²) in [6.07, 6.45) is 3.92. The van der Waals surface area contributed by atoms with Crippen molar-refractivity contribution >= 4 is 11.5 Å². The third-order valence-electron chi connectivity index (χ3n) is 5.18. The molecule has 0 saturated carbocycles. The van der Waals surface area contributed by atoms with Gasteiger partial charge in [-0.15, -0.1) is 15.3 Å². The Morgan fingerprint density at radius 2 is 1.96 bits per heavy atom. The van der Waals surface area contributed by atoms with E-state index in [4.69, 9.17) is 9.52 Å². The van der Waals surface area contributed by atoms with Crippen LogP contribution in [-0.4, -0.2) is 56.9 Å². The summed E-state index contributed by atoms with van der Waals surface area (Å²) in [7, 11) is 3.98. The number of fused-ring (bicyclic) bond motifs is 1. The van der Waals surface area contributed by atoms with Crippen molar-refractivity contribution in [3.05, 3.63) is 35.8 Å². The van der Waals surface area contributed by atoms with Gasteiger partial charge in [0.1, 0.15) is 11.6 Å². The van der Waals surface area contributed by atoms with E-state index in [2.05, 4.69) is 33.9 Å². The van der Waals surface area contributed by atoms with Gasteiger partial charge in [-0.2, -0.15) is 4.52 Å². The molecule has 0 unspecified atom stereocenters. The molecule has 3 aromatic heterocycles. The van der Waals surface area contributed by atoms with E-state index in [1.165, 1.54) is 0 Å². The quantitative estimate of drug-likeness (QED) is 0.684. The molecule has 0 amide bonds. The summed E-state index contributed by atoms with van der Waals surface area (Å²) in [5.41, 5.74) is 0.805. The van der Waals surface area contributed by atoms with Gasteiger partial charge in [0.25, 0.3) is 0 Å². The van der Waals surface area contributed by atoms with Crippen LogP contribution in [0.25, 0.3) is 5.65 Å². The van der Waals surface area contributed by atoms with Crippen LogP contribution in [-0.2, 0) is 6.54 Å². The summed E-state index contributed by atoms with van der Waals surface area (Å²) in [4.78, 5) is 8.81. The molecule has 0 N–H and O–H groups in total. The maximum atomic E-state index is 5.85. The zero-order valence-electron chi connectivity index (χ0n) is 16.5. The first kappa shape index (κ1) is 17.9. The van der Waals surface area contributed by atoms with Crippen LogP contribution < -0.4 is 4.90 Å². The fourth-order valence-electron chi connectivity index (χ4n) is 3.49. The molecule has 8 nitrogen and oxygen atoms in total. The summed E-state index contributed by atoms with van der Waals surface area (Å²) in [5, 5.41) is 13.4. The largest absolute Gasteiger partial charge is 0.444 e. The summed E-state index contributed by atoms with van der Waals surface area (Å²) >= 11 is 0. The minimum Gasteiger partial charge on any atom is -0.444 e. The standard InChI is InChI=1S/C19H27N7O/c1-13(2)15-11-20-18(27-15)12-25-9-7-14(8-10-25)19-22-21-16-5-6-17(24(3)4)23-26(16)19/h5-6,11,13-14H,7-10,12H2,1-4H3. The summed E-state index contributed by atoms with van der Waals surface area (Å²) < 4.78 is 7.75. The van der Waals surface area contributed by atoms with Crippen LogP contribution in [0.5, 0.6) is 0 Å². The van der Waals surface area contributed by atoms with Gasteiger partial charge in [-0.05, 0) is 38.1 Å². The highest BCUT2D eigenvalue weighted by atomic mass is 16.4. The number of piperidine rings is 1. The smallest absolute Gasteiger partial charge is 0.208 e. The second kappa shape index (κ2) is 7.26. The van der Waals surface area contributed by atoms with E-state index in [0.29, 0.717) is 11.8 Å². The Kier molecular flexibility index (Phi) is 4.82. The monoisotopic (exact) mass is 369 g/mol. The summed E-state index contributed by atoms with van der Waals surface area (Å²) in [6.45, 7) is 6.99. The number of hydrogen-bond donors (Lipinski definition) is 0. The molecule has 1 fully saturated rings. The van der Waals surface area contributed by atoms with Crippen molar-refractivity contribution in [2.45, 2.75) is 45.1 Å². The van der Waals surface area contributed by atoms with Gasteiger partial charge in [-0.3, -0.25) is 4.90 Å². The minimum absolute atomic E-state index is 0.372. The zero-order valence-corrected chi connectivity index (χ0v) is 16.5. The topological polar surface area (TPSA) is 75.6 Å². The minimum atomic E-state index is 0.372. The molecule has 0 aliphatic carbocycles. The lowest BCUT2D eigenvalue weighted by atomic mass is 9.96. The number of anilines is 1. The van der Waals surface area contributed by atoms with Crippen LogP contribution in [0, 0.1) is 0 Å². The molecule has 4 rings (SSSR count). The van der Waals surface area contributed by atoms with Crippen molar-refractivity contribution in [2.24, 2.45) is 0 Å².